The molecule has 0 saturated heterocycles. The zero-order valence-electron chi connectivity index (χ0n) is 17.0. The molecule has 0 spiro atoms. The van der Waals surface area contributed by atoms with Gasteiger partial charge in [0.05, 0.1) is 22.6 Å². The monoisotopic (exact) mass is 466 g/mol. The van der Waals surface area contributed by atoms with Gasteiger partial charge in [0.1, 0.15) is 12.2 Å². The predicted molar refractivity (Wildman–Crippen MR) is 115 cm³/mol. The lowest BCUT2D eigenvalue weighted by molar-refractivity contribution is -0.384. The molecule has 0 atom stereocenters. The van der Waals surface area contributed by atoms with Gasteiger partial charge in [-0.3, -0.25) is 29.4 Å². The predicted octanol–water partition coefficient (Wildman–Crippen LogP) is 3.08. The molecule has 0 bridgehead atoms. The van der Waals surface area contributed by atoms with Gasteiger partial charge in [-0.25, -0.2) is 0 Å². The molecule has 11 heteroatoms. The number of non-ortho nitro benzene ring substituents is 1. The highest BCUT2D eigenvalue weighted by atomic mass is 35.5. The summed E-state index contributed by atoms with van der Waals surface area (Å²) in [5.41, 5.74) is 2.00. The molecule has 0 saturated carbocycles. The first kappa shape index (κ1) is 20.8. The summed E-state index contributed by atoms with van der Waals surface area (Å²) in [6, 6.07) is 10.6. The van der Waals surface area contributed by atoms with Crippen LogP contribution in [0, 0.1) is 10.1 Å². The van der Waals surface area contributed by atoms with Gasteiger partial charge in [-0.2, -0.15) is 0 Å². The molecule has 166 valence electrons. The average molecular weight is 467 g/mol. The van der Waals surface area contributed by atoms with E-state index in [1.165, 1.54) is 11.0 Å². The second kappa shape index (κ2) is 7.82. The smallest absolute Gasteiger partial charge is 0.270 e. The minimum absolute atomic E-state index is 0.0448. The third-order valence-electron chi connectivity index (χ3n) is 5.76. The molecule has 2 aromatic carbocycles. The van der Waals surface area contributed by atoms with Crippen LogP contribution in [0.2, 0.25) is 5.02 Å². The largest absolute Gasteiger partial charge is 0.356 e. The van der Waals surface area contributed by atoms with E-state index in [0.717, 1.165) is 28.2 Å². The molecule has 0 unspecified atom stereocenters. The first-order chi connectivity index (χ1) is 15.8. The SMILES string of the molecule is O=C(CN1C(=O)c2ccc([N+](=O)[O-])cc2C1=O)N1CCc2c(noc2-c2ccc(Cl)cc2)C1. The van der Waals surface area contributed by atoms with E-state index in [1.807, 2.05) is 12.1 Å². The summed E-state index contributed by atoms with van der Waals surface area (Å²) in [7, 11) is 0. The Morgan fingerprint density at radius 1 is 1.12 bits per heavy atom. The number of rotatable bonds is 4. The average Bonchev–Trinajstić information content (AvgIpc) is 3.34. The first-order valence-corrected chi connectivity index (χ1v) is 10.4. The van der Waals surface area contributed by atoms with Crippen molar-refractivity contribution in [2.24, 2.45) is 0 Å². The molecule has 3 amide bonds. The topological polar surface area (TPSA) is 127 Å². The number of imide groups is 1. The van der Waals surface area contributed by atoms with Crippen molar-refractivity contribution in [2.45, 2.75) is 13.0 Å². The van der Waals surface area contributed by atoms with Crippen LogP contribution < -0.4 is 0 Å². The number of halogens is 1. The molecule has 0 aliphatic carbocycles. The van der Waals surface area contributed by atoms with Gasteiger partial charge < -0.3 is 9.42 Å². The van der Waals surface area contributed by atoms with Crippen molar-refractivity contribution in [3.8, 4) is 11.3 Å². The van der Waals surface area contributed by atoms with E-state index in [2.05, 4.69) is 5.16 Å². The van der Waals surface area contributed by atoms with Gasteiger partial charge in [-0.1, -0.05) is 16.8 Å². The molecule has 5 rings (SSSR count). The zero-order chi connectivity index (χ0) is 23.3. The number of hydrogen-bond acceptors (Lipinski definition) is 7. The Bertz CT molecular complexity index is 1330. The lowest BCUT2D eigenvalue weighted by atomic mass is 10.0. The Morgan fingerprint density at radius 3 is 2.58 bits per heavy atom. The molecule has 2 aliphatic heterocycles. The van der Waals surface area contributed by atoms with Crippen molar-refractivity contribution < 1.29 is 23.8 Å². The van der Waals surface area contributed by atoms with Crippen LogP contribution in [-0.4, -0.2) is 50.7 Å². The second-order valence-electron chi connectivity index (χ2n) is 7.69. The molecule has 0 fully saturated rings. The van der Waals surface area contributed by atoms with Crippen LogP contribution in [0.3, 0.4) is 0 Å². The van der Waals surface area contributed by atoms with Gasteiger partial charge in [0.15, 0.2) is 5.76 Å². The molecule has 0 N–H and O–H groups in total. The molecule has 0 radical (unpaired) electrons. The lowest BCUT2D eigenvalue weighted by Gasteiger charge is -2.27. The Morgan fingerprint density at radius 2 is 1.85 bits per heavy atom. The Kier molecular flexibility index (Phi) is 4.94. The van der Waals surface area contributed by atoms with Crippen LogP contribution in [0.4, 0.5) is 5.69 Å². The number of aromatic nitrogens is 1. The van der Waals surface area contributed by atoms with Gasteiger partial charge in [0.25, 0.3) is 17.5 Å². The molecule has 3 aromatic rings. The van der Waals surface area contributed by atoms with E-state index in [1.54, 1.807) is 12.1 Å². The summed E-state index contributed by atoms with van der Waals surface area (Å²) < 4.78 is 5.51. The highest BCUT2D eigenvalue weighted by molar-refractivity contribution is 6.30. The van der Waals surface area contributed by atoms with Crippen LogP contribution in [0.25, 0.3) is 11.3 Å². The van der Waals surface area contributed by atoms with E-state index in [-0.39, 0.29) is 23.4 Å². The van der Waals surface area contributed by atoms with Crippen molar-refractivity contribution in [3.05, 3.63) is 80.0 Å². The van der Waals surface area contributed by atoms with E-state index in [9.17, 15) is 24.5 Å². The van der Waals surface area contributed by atoms with E-state index < -0.39 is 29.2 Å². The highest BCUT2D eigenvalue weighted by Gasteiger charge is 2.39. The number of carbonyl (C=O) groups excluding carboxylic acids is 3. The van der Waals surface area contributed by atoms with Gasteiger partial charge in [-0.05, 0) is 36.8 Å². The van der Waals surface area contributed by atoms with Gasteiger partial charge >= 0.3 is 0 Å². The molecule has 10 nitrogen and oxygen atoms in total. The summed E-state index contributed by atoms with van der Waals surface area (Å²) in [5, 5.41) is 15.7. The second-order valence-corrected chi connectivity index (χ2v) is 8.13. The van der Waals surface area contributed by atoms with Gasteiger partial charge in [0.2, 0.25) is 5.91 Å². The number of fused-ring (bicyclic) bond motifs is 2. The molecule has 2 aliphatic rings. The van der Waals surface area contributed by atoms with E-state index >= 15 is 0 Å². The number of nitro groups is 1. The van der Waals surface area contributed by atoms with Crippen molar-refractivity contribution in [2.75, 3.05) is 13.1 Å². The third-order valence-corrected chi connectivity index (χ3v) is 6.01. The number of amides is 3. The fourth-order valence-electron chi connectivity index (χ4n) is 4.04. The Labute approximate surface area is 191 Å². The molecule has 33 heavy (non-hydrogen) atoms. The normalized spacial score (nSPS) is 14.9. The summed E-state index contributed by atoms with van der Waals surface area (Å²) >= 11 is 5.94. The number of carbonyl (C=O) groups is 3. The maximum Gasteiger partial charge on any atom is 0.270 e. The summed E-state index contributed by atoms with van der Waals surface area (Å²) in [6.45, 7) is 0.0829. The molecule has 3 heterocycles. The molecular weight excluding hydrogens is 452 g/mol. The van der Waals surface area contributed by atoms with Crippen molar-refractivity contribution in [1.82, 2.24) is 15.0 Å². The minimum Gasteiger partial charge on any atom is -0.356 e. The highest BCUT2D eigenvalue weighted by Crippen LogP contribution is 2.31. The van der Waals surface area contributed by atoms with Crippen LogP contribution in [0.5, 0.6) is 0 Å². The maximum atomic E-state index is 12.9. The number of hydrogen-bond donors (Lipinski definition) is 0. The van der Waals surface area contributed by atoms with Crippen LogP contribution in [-0.2, 0) is 17.8 Å². The van der Waals surface area contributed by atoms with E-state index in [4.69, 9.17) is 16.1 Å². The van der Waals surface area contributed by atoms with E-state index in [0.29, 0.717) is 29.4 Å². The van der Waals surface area contributed by atoms with Gasteiger partial charge in [-0.15, -0.1) is 0 Å². The van der Waals surface area contributed by atoms with Crippen molar-refractivity contribution in [1.29, 1.82) is 0 Å². The number of nitrogens with zero attached hydrogens (tertiary/aromatic N) is 4. The van der Waals surface area contributed by atoms with Gasteiger partial charge in [0, 0.05) is 34.8 Å². The third kappa shape index (κ3) is 3.54. The number of nitro benzene ring substituents is 1. The maximum absolute atomic E-state index is 12.9. The lowest BCUT2D eigenvalue weighted by Crippen LogP contribution is -2.44. The summed E-state index contributed by atoms with van der Waals surface area (Å²) in [4.78, 5) is 50.8. The Hall–Kier alpha value is -4.05. The van der Waals surface area contributed by atoms with Crippen LogP contribution in [0.1, 0.15) is 32.0 Å². The first-order valence-electron chi connectivity index (χ1n) is 9.99. The van der Waals surface area contributed by atoms with Crippen molar-refractivity contribution in [3.63, 3.8) is 0 Å². The zero-order valence-corrected chi connectivity index (χ0v) is 17.7. The van der Waals surface area contributed by atoms with Crippen molar-refractivity contribution >= 4 is 35.0 Å². The fraction of sp³-hybridized carbons (Fsp3) is 0.182. The Balaban J connectivity index is 1.31. The minimum atomic E-state index is -0.726. The quantitative estimate of drug-likeness (QED) is 0.328. The summed E-state index contributed by atoms with van der Waals surface area (Å²) in [5.74, 6) is -1.19. The number of benzene rings is 2. The van der Waals surface area contributed by atoms with Crippen LogP contribution in [0.15, 0.2) is 47.0 Å². The standard InChI is InChI=1S/C22H15ClN4O6/c23-13-3-1-12(2-4-13)20-16-7-8-25(10-18(16)24-33-20)19(28)11-26-21(29)15-6-5-14(27(31)32)9-17(15)22(26)30/h1-6,9H,7-8,10-11H2. The molecular formula is C22H15ClN4O6. The fourth-order valence-corrected chi connectivity index (χ4v) is 4.17. The summed E-state index contributed by atoms with van der Waals surface area (Å²) in [6.07, 6.45) is 0.497. The van der Waals surface area contributed by atoms with Crippen LogP contribution >= 0.6 is 11.6 Å². The molecule has 1 aromatic heterocycles.